The summed E-state index contributed by atoms with van der Waals surface area (Å²) in [5, 5.41) is 9.96. The van der Waals surface area contributed by atoms with Gasteiger partial charge in [-0.25, -0.2) is 0 Å². The summed E-state index contributed by atoms with van der Waals surface area (Å²) < 4.78 is 5.30. The van der Waals surface area contributed by atoms with E-state index in [1.807, 2.05) is 38.1 Å². The third kappa shape index (κ3) is 3.38. The zero-order valence-corrected chi connectivity index (χ0v) is 12.1. The Balaban J connectivity index is 2.86. The van der Waals surface area contributed by atoms with Crippen molar-refractivity contribution in [1.29, 1.82) is 5.26 Å². The maximum Gasteiger partial charge on any atom is 0.122 e. The Kier molecular flexibility index (Phi) is 5.01. The normalized spacial score (nSPS) is 14.1. The first-order chi connectivity index (χ1) is 8.42. The van der Waals surface area contributed by atoms with Gasteiger partial charge in [-0.15, -0.1) is 0 Å². The largest absolute Gasteiger partial charge is 0.496 e. The Bertz CT molecular complexity index is 454. The second-order valence-electron chi connectivity index (χ2n) is 4.74. The van der Waals surface area contributed by atoms with Crippen LogP contribution in [0, 0.1) is 11.3 Å². The maximum atomic E-state index is 9.27. The smallest absolute Gasteiger partial charge is 0.122 e. The Hall–Kier alpha value is -1.24. The van der Waals surface area contributed by atoms with Crippen molar-refractivity contribution in [2.45, 2.75) is 25.3 Å². The summed E-state index contributed by atoms with van der Waals surface area (Å²) in [5.41, 5.74) is 0.557. The minimum atomic E-state index is -0.479. The summed E-state index contributed by atoms with van der Waals surface area (Å²) in [6.07, 6.45) is 1.49. The molecule has 0 saturated carbocycles. The lowest BCUT2D eigenvalue weighted by Crippen LogP contribution is -2.40. The molecule has 0 radical (unpaired) electrons. The second kappa shape index (κ2) is 6.08. The van der Waals surface area contributed by atoms with Crippen LogP contribution < -0.4 is 4.74 Å². The van der Waals surface area contributed by atoms with Gasteiger partial charge in [-0.05, 0) is 57.6 Å². The van der Waals surface area contributed by atoms with Gasteiger partial charge in [0.1, 0.15) is 11.3 Å². The summed E-state index contributed by atoms with van der Waals surface area (Å²) in [6.45, 7) is 1.93. The van der Waals surface area contributed by atoms with Crippen molar-refractivity contribution < 1.29 is 4.74 Å². The maximum absolute atomic E-state index is 9.27. The van der Waals surface area contributed by atoms with Gasteiger partial charge in [0.25, 0.3) is 0 Å². The number of nitriles is 1. The first-order valence-corrected chi connectivity index (χ1v) is 6.22. The van der Waals surface area contributed by atoms with Gasteiger partial charge in [0.2, 0.25) is 0 Å². The number of rotatable bonds is 5. The molecule has 1 atom stereocenters. The molecular formula is C14H19ClN2O. The van der Waals surface area contributed by atoms with Gasteiger partial charge in [-0.3, -0.25) is 4.90 Å². The zero-order chi connectivity index (χ0) is 13.8. The minimum absolute atomic E-state index is 0.479. The average Bonchev–Trinajstić information content (AvgIpc) is 2.35. The molecule has 1 aromatic rings. The molecule has 0 saturated heterocycles. The average molecular weight is 267 g/mol. The van der Waals surface area contributed by atoms with Gasteiger partial charge in [0.15, 0.2) is 0 Å². The lowest BCUT2D eigenvalue weighted by Gasteiger charge is -2.29. The molecule has 4 heteroatoms. The van der Waals surface area contributed by atoms with E-state index in [4.69, 9.17) is 16.3 Å². The highest BCUT2D eigenvalue weighted by Gasteiger charge is 2.26. The molecule has 0 N–H and O–H groups in total. The van der Waals surface area contributed by atoms with Crippen molar-refractivity contribution in [3.05, 3.63) is 28.8 Å². The standard InChI is InChI=1S/C14H19ClN2O/c1-14(10-16,17(2)3)8-7-11-9-12(15)5-6-13(11)18-4/h5-6,9H,7-8H2,1-4H3. The van der Waals surface area contributed by atoms with Crippen molar-refractivity contribution in [1.82, 2.24) is 4.90 Å². The third-order valence-electron chi connectivity index (χ3n) is 3.35. The van der Waals surface area contributed by atoms with Crippen LogP contribution in [0.4, 0.5) is 0 Å². The molecule has 0 aliphatic carbocycles. The van der Waals surface area contributed by atoms with Gasteiger partial charge in [-0.2, -0.15) is 5.26 Å². The zero-order valence-electron chi connectivity index (χ0n) is 11.3. The number of hydrogen-bond donors (Lipinski definition) is 0. The molecule has 0 aliphatic rings. The van der Waals surface area contributed by atoms with E-state index in [0.29, 0.717) is 5.02 Å². The van der Waals surface area contributed by atoms with Crippen LogP contribution in [-0.2, 0) is 6.42 Å². The van der Waals surface area contributed by atoms with Crippen LogP contribution in [0.1, 0.15) is 18.9 Å². The fourth-order valence-corrected chi connectivity index (χ4v) is 1.89. The molecule has 0 amide bonds. The summed E-state index contributed by atoms with van der Waals surface area (Å²) in [7, 11) is 5.47. The molecule has 0 aliphatic heterocycles. The number of aryl methyl sites for hydroxylation is 1. The quantitative estimate of drug-likeness (QED) is 0.822. The Morgan fingerprint density at radius 3 is 2.61 bits per heavy atom. The van der Waals surface area contributed by atoms with E-state index in [0.717, 1.165) is 24.2 Å². The molecule has 0 aromatic heterocycles. The molecule has 0 spiro atoms. The molecular weight excluding hydrogens is 248 g/mol. The first kappa shape index (κ1) is 14.8. The van der Waals surface area contributed by atoms with E-state index in [2.05, 4.69) is 6.07 Å². The summed E-state index contributed by atoms with van der Waals surface area (Å²) >= 11 is 5.99. The highest BCUT2D eigenvalue weighted by atomic mass is 35.5. The molecule has 1 aromatic carbocycles. The topological polar surface area (TPSA) is 36.3 Å². The van der Waals surface area contributed by atoms with Gasteiger partial charge < -0.3 is 4.74 Å². The van der Waals surface area contributed by atoms with Crippen molar-refractivity contribution >= 4 is 11.6 Å². The number of benzene rings is 1. The molecule has 1 rings (SSSR count). The molecule has 98 valence electrons. The van der Waals surface area contributed by atoms with E-state index < -0.39 is 5.54 Å². The number of methoxy groups -OCH3 is 1. The molecule has 0 fully saturated rings. The Morgan fingerprint density at radius 2 is 2.11 bits per heavy atom. The van der Waals surface area contributed by atoms with Crippen molar-refractivity contribution in [2.24, 2.45) is 0 Å². The molecule has 3 nitrogen and oxygen atoms in total. The fraction of sp³-hybridized carbons (Fsp3) is 0.500. The van der Waals surface area contributed by atoms with Gasteiger partial charge in [-0.1, -0.05) is 11.6 Å². The van der Waals surface area contributed by atoms with E-state index >= 15 is 0 Å². The van der Waals surface area contributed by atoms with Crippen LogP contribution >= 0.6 is 11.6 Å². The Labute approximate surface area is 114 Å². The first-order valence-electron chi connectivity index (χ1n) is 5.84. The van der Waals surface area contributed by atoms with E-state index in [9.17, 15) is 5.26 Å². The molecule has 0 heterocycles. The van der Waals surface area contributed by atoms with Crippen molar-refractivity contribution in [3.8, 4) is 11.8 Å². The van der Waals surface area contributed by atoms with Gasteiger partial charge >= 0.3 is 0 Å². The molecule has 1 unspecified atom stereocenters. The number of nitrogens with zero attached hydrogens (tertiary/aromatic N) is 2. The predicted octanol–water partition coefficient (Wildman–Crippen LogP) is 3.13. The third-order valence-corrected chi connectivity index (χ3v) is 3.59. The highest BCUT2D eigenvalue weighted by molar-refractivity contribution is 6.30. The van der Waals surface area contributed by atoms with Crippen LogP contribution in [0.2, 0.25) is 5.02 Å². The van der Waals surface area contributed by atoms with E-state index in [-0.39, 0.29) is 0 Å². The van der Waals surface area contributed by atoms with Crippen LogP contribution in [0.3, 0.4) is 0 Å². The fourth-order valence-electron chi connectivity index (χ4n) is 1.70. The second-order valence-corrected chi connectivity index (χ2v) is 5.17. The summed E-state index contributed by atoms with van der Waals surface area (Å²) in [4.78, 5) is 1.93. The number of halogens is 1. The highest BCUT2D eigenvalue weighted by Crippen LogP contribution is 2.26. The van der Waals surface area contributed by atoms with E-state index in [1.165, 1.54) is 0 Å². The van der Waals surface area contributed by atoms with Gasteiger partial charge in [0, 0.05) is 5.02 Å². The number of hydrogen-bond acceptors (Lipinski definition) is 3. The lowest BCUT2D eigenvalue weighted by atomic mass is 9.93. The SMILES string of the molecule is COc1ccc(Cl)cc1CCC(C)(C#N)N(C)C. The lowest BCUT2D eigenvalue weighted by molar-refractivity contribution is 0.223. The van der Waals surface area contributed by atoms with Crippen LogP contribution in [0.25, 0.3) is 0 Å². The van der Waals surface area contributed by atoms with Crippen molar-refractivity contribution in [2.75, 3.05) is 21.2 Å². The van der Waals surface area contributed by atoms with Crippen LogP contribution in [-0.4, -0.2) is 31.6 Å². The van der Waals surface area contributed by atoms with Crippen LogP contribution in [0.5, 0.6) is 5.75 Å². The predicted molar refractivity (Wildman–Crippen MR) is 74.0 cm³/mol. The molecule has 0 bridgehead atoms. The summed E-state index contributed by atoms with van der Waals surface area (Å²) in [5.74, 6) is 0.818. The monoisotopic (exact) mass is 266 g/mol. The van der Waals surface area contributed by atoms with E-state index in [1.54, 1.807) is 13.2 Å². The number of ether oxygens (including phenoxy) is 1. The minimum Gasteiger partial charge on any atom is -0.496 e. The van der Waals surface area contributed by atoms with Crippen molar-refractivity contribution in [3.63, 3.8) is 0 Å². The summed E-state index contributed by atoms with van der Waals surface area (Å²) in [6, 6.07) is 7.91. The molecule has 18 heavy (non-hydrogen) atoms. The van der Waals surface area contributed by atoms with Crippen LogP contribution in [0.15, 0.2) is 18.2 Å². The van der Waals surface area contributed by atoms with Gasteiger partial charge in [0.05, 0.1) is 13.2 Å². The Morgan fingerprint density at radius 1 is 1.44 bits per heavy atom.